The Morgan fingerprint density at radius 1 is 0.281 bits per heavy atom. The van der Waals surface area contributed by atoms with Crippen LogP contribution < -0.4 is 0 Å². The minimum atomic E-state index is 0.880. The third kappa shape index (κ3) is 5.92. The van der Waals surface area contributed by atoms with Crippen LogP contribution in [0.2, 0.25) is 0 Å². The maximum atomic E-state index is 3.48. The van der Waals surface area contributed by atoms with Crippen molar-refractivity contribution in [3.8, 4) is 35.5 Å². The maximum Gasteiger partial charge on any atom is 0.0492 e. The summed E-state index contributed by atoms with van der Waals surface area (Å²) in [7, 11) is 0. The molecule has 3 heteroatoms. The molecule has 270 valence electrons. The molecule has 0 fully saturated rings. The predicted molar refractivity (Wildman–Crippen MR) is 240 cm³/mol. The van der Waals surface area contributed by atoms with Crippen LogP contribution in [-0.2, 0) is 19.6 Å². The lowest BCUT2D eigenvalue weighted by Gasteiger charge is -2.02. The summed E-state index contributed by atoms with van der Waals surface area (Å²) in [5, 5.41) is 7.43. The molecule has 0 amide bonds. The van der Waals surface area contributed by atoms with E-state index in [1.807, 2.05) is 0 Å². The summed E-state index contributed by atoms with van der Waals surface area (Å²) in [6.45, 7) is 9.34. The van der Waals surface area contributed by atoms with Gasteiger partial charge >= 0.3 is 0 Å². The fourth-order valence-corrected chi connectivity index (χ4v) is 8.69. The van der Waals surface area contributed by atoms with E-state index in [0.29, 0.717) is 0 Å². The number of aromatic nitrogens is 3. The predicted octanol–water partition coefficient (Wildman–Crippen LogP) is 12.3. The van der Waals surface area contributed by atoms with Gasteiger partial charge < -0.3 is 13.7 Å². The summed E-state index contributed by atoms with van der Waals surface area (Å²) in [6, 6.07) is 51.7. The molecule has 0 spiro atoms. The van der Waals surface area contributed by atoms with E-state index in [4.69, 9.17) is 0 Å². The van der Waals surface area contributed by atoms with Gasteiger partial charge in [0.2, 0.25) is 0 Å². The quantitative estimate of drug-likeness (QED) is 0.161. The molecule has 3 aromatic heterocycles. The standard InChI is InChI=1S/C54H39N3/c1-4-55-49-16-10-7-13-43(49)46-34-37(25-28-52(46)55)19-22-40-31-41(23-20-38-26-29-53-47(35-38)44-14-8-11-17-50(44)56(53)5-2)33-42(32-40)24-21-39-27-30-54-48(36-39)45-15-9-12-18-51(45)57(54)6-3/h7-18,25-36H,4-6H2,1-3H3. The Morgan fingerprint density at radius 3 is 0.842 bits per heavy atom. The van der Waals surface area contributed by atoms with E-state index in [1.165, 1.54) is 65.4 Å². The van der Waals surface area contributed by atoms with Crippen molar-refractivity contribution in [2.24, 2.45) is 0 Å². The van der Waals surface area contributed by atoms with Gasteiger partial charge in [0.15, 0.2) is 0 Å². The van der Waals surface area contributed by atoms with Crippen LogP contribution in [0.5, 0.6) is 0 Å². The molecule has 0 aliphatic carbocycles. The van der Waals surface area contributed by atoms with Crippen LogP contribution >= 0.6 is 0 Å². The van der Waals surface area contributed by atoms with Gasteiger partial charge in [-0.2, -0.15) is 0 Å². The van der Waals surface area contributed by atoms with Gasteiger partial charge in [0, 0.05) is 118 Å². The van der Waals surface area contributed by atoms with Crippen molar-refractivity contribution in [3.05, 3.63) is 179 Å². The summed E-state index contributed by atoms with van der Waals surface area (Å²) >= 11 is 0. The Bertz CT molecular complexity index is 3060. The van der Waals surface area contributed by atoms with Crippen molar-refractivity contribution in [2.45, 2.75) is 40.4 Å². The van der Waals surface area contributed by atoms with E-state index >= 15 is 0 Å². The van der Waals surface area contributed by atoms with Gasteiger partial charge in [-0.05, 0) is 112 Å². The molecule has 7 aromatic carbocycles. The monoisotopic (exact) mass is 729 g/mol. The highest BCUT2D eigenvalue weighted by Gasteiger charge is 2.12. The lowest BCUT2D eigenvalue weighted by Crippen LogP contribution is -1.92. The van der Waals surface area contributed by atoms with Crippen molar-refractivity contribution >= 4 is 65.4 Å². The van der Waals surface area contributed by atoms with Crippen LogP contribution in [0, 0.1) is 35.5 Å². The van der Waals surface area contributed by atoms with Gasteiger partial charge in [-0.3, -0.25) is 0 Å². The van der Waals surface area contributed by atoms with Gasteiger partial charge in [-0.15, -0.1) is 0 Å². The first-order chi connectivity index (χ1) is 28.1. The summed E-state index contributed by atoms with van der Waals surface area (Å²) in [6.07, 6.45) is 0. The van der Waals surface area contributed by atoms with Gasteiger partial charge in [0.25, 0.3) is 0 Å². The van der Waals surface area contributed by atoms with Crippen molar-refractivity contribution in [3.63, 3.8) is 0 Å². The number of hydrogen-bond donors (Lipinski definition) is 0. The third-order valence-electron chi connectivity index (χ3n) is 11.3. The Labute approximate surface area is 332 Å². The fourth-order valence-electron chi connectivity index (χ4n) is 8.69. The molecule has 10 aromatic rings. The van der Waals surface area contributed by atoms with Gasteiger partial charge in [0.1, 0.15) is 0 Å². The second-order valence-corrected chi connectivity index (χ2v) is 14.5. The molecule has 10 rings (SSSR count). The smallest absolute Gasteiger partial charge is 0.0492 e. The molecule has 0 saturated carbocycles. The molecule has 0 N–H and O–H groups in total. The van der Waals surface area contributed by atoms with Crippen LogP contribution in [0.1, 0.15) is 54.2 Å². The topological polar surface area (TPSA) is 14.8 Å². The highest BCUT2D eigenvalue weighted by atomic mass is 15.0. The lowest BCUT2D eigenvalue weighted by molar-refractivity contribution is 0.827. The normalized spacial score (nSPS) is 11.2. The molecule has 0 aliphatic rings. The van der Waals surface area contributed by atoms with Crippen LogP contribution in [0.15, 0.2) is 146 Å². The highest BCUT2D eigenvalue weighted by molar-refractivity contribution is 6.10. The second kappa shape index (κ2) is 14.0. The average Bonchev–Trinajstić information content (AvgIpc) is 3.88. The molecular formula is C54H39N3. The molecule has 0 atom stereocenters. The third-order valence-corrected chi connectivity index (χ3v) is 11.3. The van der Waals surface area contributed by atoms with Crippen molar-refractivity contribution < 1.29 is 0 Å². The van der Waals surface area contributed by atoms with Crippen LogP contribution in [0.4, 0.5) is 0 Å². The van der Waals surface area contributed by atoms with Gasteiger partial charge in [0.05, 0.1) is 0 Å². The average molecular weight is 730 g/mol. The van der Waals surface area contributed by atoms with E-state index in [2.05, 4.69) is 216 Å². The fraction of sp³-hybridized carbons (Fsp3) is 0.111. The van der Waals surface area contributed by atoms with Crippen molar-refractivity contribution in [1.82, 2.24) is 13.7 Å². The van der Waals surface area contributed by atoms with E-state index in [1.54, 1.807) is 0 Å². The molecule has 57 heavy (non-hydrogen) atoms. The molecule has 0 bridgehead atoms. The number of fused-ring (bicyclic) bond motifs is 9. The van der Waals surface area contributed by atoms with E-state index in [0.717, 1.165) is 53.0 Å². The zero-order valence-electron chi connectivity index (χ0n) is 32.3. The van der Waals surface area contributed by atoms with Crippen LogP contribution in [0.3, 0.4) is 0 Å². The summed E-state index contributed by atoms with van der Waals surface area (Å²) in [5.74, 6) is 20.9. The van der Waals surface area contributed by atoms with Gasteiger partial charge in [-0.1, -0.05) is 90.1 Å². The first-order valence-corrected chi connectivity index (χ1v) is 19.8. The van der Waals surface area contributed by atoms with E-state index in [9.17, 15) is 0 Å². The molecule has 0 unspecified atom stereocenters. The Hall–Kier alpha value is -7.38. The number of hydrogen-bond acceptors (Lipinski definition) is 0. The zero-order chi connectivity index (χ0) is 38.5. The minimum Gasteiger partial charge on any atom is -0.341 e. The zero-order valence-corrected chi connectivity index (χ0v) is 32.3. The number of aryl methyl sites for hydroxylation is 3. The number of benzene rings is 7. The minimum absolute atomic E-state index is 0.880. The molecular weight excluding hydrogens is 691 g/mol. The number of para-hydroxylation sites is 3. The van der Waals surface area contributed by atoms with Crippen molar-refractivity contribution in [2.75, 3.05) is 0 Å². The summed E-state index contributed by atoms with van der Waals surface area (Å²) in [4.78, 5) is 0. The molecule has 3 nitrogen and oxygen atoms in total. The first kappa shape index (κ1) is 34.1. The summed E-state index contributed by atoms with van der Waals surface area (Å²) in [5.41, 5.74) is 13.0. The molecule has 0 saturated heterocycles. The van der Waals surface area contributed by atoms with Crippen molar-refractivity contribution in [1.29, 1.82) is 0 Å². The number of rotatable bonds is 3. The maximum absolute atomic E-state index is 3.48. The van der Waals surface area contributed by atoms with Gasteiger partial charge in [-0.25, -0.2) is 0 Å². The summed E-state index contributed by atoms with van der Waals surface area (Å²) < 4.78 is 7.11. The largest absolute Gasteiger partial charge is 0.341 e. The highest BCUT2D eigenvalue weighted by Crippen LogP contribution is 2.32. The Balaban J connectivity index is 1.06. The Morgan fingerprint density at radius 2 is 0.544 bits per heavy atom. The molecule has 0 aliphatic heterocycles. The van der Waals surface area contributed by atoms with E-state index < -0.39 is 0 Å². The second-order valence-electron chi connectivity index (χ2n) is 14.5. The molecule has 0 radical (unpaired) electrons. The van der Waals surface area contributed by atoms with E-state index in [-0.39, 0.29) is 0 Å². The lowest BCUT2D eigenvalue weighted by atomic mass is 10.0. The number of nitrogens with zero attached hydrogens (tertiary/aromatic N) is 3. The van der Waals surface area contributed by atoms with Crippen LogP contribution in [-0.4, -0.2) is 13.7 Å². The first-order valence-electron chi connectivity index (χ1n) is 19.8. The Kier molecular flexibility index (Phi) is 8.41. The van der Waals surface area contributed by atoms with Crippen LogP contribution in [0.25, 0.3) is 65.4 Å². The SMILES string of the molecule is CCn1c2ccccc2c2cc(C#Cc3cc(C#Cc4ccc5c(c4)c4ccccc4n5CC)cc(C#Cc4ccc5c(c4)c4ccccc4n5CC)c3)ccc21. The molecule has 3 heterocycles.